The maximum absolute atomic E-state index is 12.9. The Hall–Kier alpha value is -4.27. The number of carbonyl (C=O) groups excluding carboxylic acids is 5. The fourth-order valence-corrected chi connectivity index (χ4v) is 5.12. The van der Waals surface area contributed by atoms with Gasteiger partial charge in [-0.2, -0.15) is 0 Å². The van der Waals surface area contributed by atoms with Crippen molar-refractivity contribution in [2.75, 3.05) is 23.9 Å². The number of esters is 2. The smallest absolute Gasteiger partial charge is 0.338 e. The van der Waals surface area contributed by atoms with Gasteiger partial charge in [0.15, 0.2) is 6.61 Å². The Labute approximate surface area is 200 Å². The minimum Gasteiger partial charge on any atom is -0.465 e. The predicted molar refractivity (Wildman–Crippen MR) is 123 cm³/mol. The van der Waals surface area contributed by atoms with Crippen molar-refractivity contribution < 1.29 is 33.4 Å². The standard InChI is InChI=1S/C26H22N2O7/c1-34-25(32)14-4-8-18(9-5-14)27-20(29)13-35-26(33)15-6-10-19(11-7-15)28-23(30)21-16-2-3-17(12-16)22(21)24(28)31/h2-11,16-17,21-22H,12-13H2,1H3,(H,27,29)/t16-,17-,21-,22+/m0/s1. The molecular weight excluding hydrogens is 452 g/mol. The highest BCUT2D eigenvalue weighted by molar-refractivity contribution is 6.22. The first kappa shape index (κ1) is 22.5. The molecule has 0 unspecified atom stereocenters. The van der Waals surface area contributed by atoms with Crippen LogP contribution in [0.15, 0.2) is 60.7 Å². The van der Waals surface area contributed by atoms with Crippen LogP contribution >= 0.6 is 0 Å². The summed E-state index contributed by atoms with van der Waals surface area (Å²) in [4.78, 5) is 63.0. The Bertz CT molecular complexity index is 1220. The second-order valence-corrected chi connectivity index (χ2v) is 8.75. The fourth-order valence-electron chi connectivity index (χ4n) is 5.12. The number of imide groups is 1. The third-order valence-electron chi connectivity index (χ3n) is 6.76. The molecule has 9 heteroatoms. The van der Waals surface area contributed by atoms with Gasteiger partial charge in [-0.1, -0.05) is 12.2 Å². The number of nitrogens with zero attached hydrogens (tertiary/aromatic N) is 1. The molecule has 2 aromatic carbocycles. The molecule has 0 aromatic heterocycles. The SMILES string of the molecule is COC(=O)c1ccc(NC(=O)COC(=O)c2ccc(N3C(=O)[C@@H]4[C@H](C3=O)[C@H]3C=C[C@H]4C3)cc2)cc1. The average Bonchev–Trinajstić information content (AvgIpc) is 3.56. The predicted octanol–water partition coefficient (Wildman–Crippen LogP) is 2.58. The van der Waals surface area contributed by atoms with Crippen molar-refractivity contribution >= 4 is 41.0 Å². The van der Waals surface area contributed by atoms with E-state index in [4.69, 9.17) is 4.74 Å². The molecule has 0 spiro atoms. The Morgan fingerprint density at radius 3 is 1.97 bits per heavy atom. The molecule has 1 saturated carbocycles. The minimum absolute atomic E-state index is 0.123. The van der Waals surface area contributed by atoms with Crippen molar-refractivity contribution in [1.29, 1.82) is 0 Å². The van der Waals surface area contributed by atoms with Gasteiger partial charge in [0.25, 0.3) is 5.91 Å². The summed E-state index contributed by atoms with van der Waals surface area (Å²) >= 11 is 0. The molecule has 2 aromatic rings. The van der Waals surface area contributed by atoms with E-state index in [1.807, 2.05) is 12.2 Å². The summed E-state index contributed by atoms with van der Waals surface area (Å²) in [5.74, 6) is -2.49. The Kier molecular flexibility index (Phi) is 5.68. The van der Waals surface area contributed by atoms with Crippen molar-refractivity contribution in [3.8, 4) is 0 Å². The molecule has 9 nitrogen and oxygen atoms in total. The number of allylic oxidation sites excluding steroid dienone is 2. The van der Waals surface area contributed by atoms with Crippen LogP contribution in [0.5, 0.6) is 0 Å². The summed E-state index contributed by atoms with van der Waals surface area (Å²) in [6.45, 7) is -0.512. The number of nitrogens with one attached hydrogen (secondary N) is 1. The van der Waals surface area contributed by atoms with Crippen molar-refractivity contribution in [1.82, 2.24) is 0 Å². The minimum atomic E-state index is -0.717. The maximum atomic E-state index is 12.9. The van der Waals surface area contributed by atoms with Crippen molar-refractivity contribution in [3.63, 3.8) is 0 Å². The van der Waals surface area contributed by atoms with Gasteiger partial charge in [0.1, 0.15) is 0 Å². The van der Waals surface area contributed by atoms with E-state index >= 15 is 0 Å². The first-order valence-corrected chi connectivity index (χ1v) is 11.2. The molecule has 178 valence electrons. The summed E-state index contributed by atoms with van der Waals surface area (Å²) in [5.41, 5.74) is 1.37. The van der Waals surface area contributed by atoms with Crippen LogP contribution in [0.25, 0.3) is 0 Å². The molecule has 1 N–H and O–H groups in total. The van der Waals surface area contributed by atoms with E-state index in [-0.39, 0.29) is 41.0 Å². The Morgan fingerprint density at radius 1 is 0.857 bits per heavy atom. The van der Waals surface area contributed by atoms with Crippen molar-refractivity contribution in [2.24, 2.45) is 23.7 Å². The highest BCUT2D eigenvalue weighted by atomic mass is 16.5. The lowest BCUT2D eigenvalue weighted by Gasteiger charge is -2.17. The zero-order valence-corrected chi connectivity index (χ0v) is 18.8. The number of ether oxygens (including phenoxy) is 2. The second-order valence-electron chi connectivity index (χ2n) is 8.75. The molecule has 3 amide bonds. The lowest BCUT2D eigenvalue weighted by Crippen LogP contribution is -2.32. The van der Waals surface area contributed by atoms with Crippen molar-refractivity contribution in [2.45, 2.75) is 6.42 Å². The number of hydrogen-bond donors (Lipinski definition) is 1. The number of fused-ring (bicyclic) bond motifs is 5. The third-order valence-corrected chi connectivity index (χ3v) is 6.76. The quantitative estimate of drug-likeness (QED) is 0.388. The molecule has 35 heavy (non-hydrogen) atoms. The molecule has 3 aliphatic rings. The topological polar surface area (TPSA) is 119 Å². The van der Waals surface area contributed by atoms with E-state index in [2.05, 4.69) is 10.1 Å². The number of carbonyl (C=O) groups is 5. The second kappa shape index (κ2) is 8.83. The number of methoxy groups -OCH3 is 1. The number of amides is 3. The maximum Gasteiger partial charge on any atom is 0.338 e. The van der Waals surface area contributed by atoms with Gasteiger partial charge in [0.2, 0.25) is 11.8 Å². The van der Waals surface area contributed by atoms with Gasteiger partial charge < -0.3 is 14.8 Å². The van der Waals surface area contributed by atoms with Gasteiger partial charge >= 0.3 is 11.9 Å². The van der Waals surface area contributed by atoms with Crippen LogP contribution in [0.3, 0.4) is 0 Å². The van der Waals surface area contributed by atoms with Crippen LogP contribution in [-0.4, -0.2) is 43.4 Å². The van der Waals surface area contributed by atoms with E-state index in [0.717, 1.165) is 6.42 Å². The zero-order chi connectivity index (χ0) is 24.7. The summed E-state index contributed by atoms with van der Waals surface area (Å²) in [6, 6.07) is 12.0. The largest absolute Gasteiger partial charge is 0.465 e. The number of anilines is 2. The lowest BCUT2D eigenvalue weighted by molar-refractivity contribution is -0.123. The van der Waals surface area contributed by atoms with E-state index in [1.165, 1.54) is 60.5 Å². The molecule has 1 saturated heterocycles. The molecule has 2 aliphatic carbocycles. The molecule has 1 aliphatic heterocycles. The summed E-state index contributed by atoms with van der Waals surface area (Å²) in [6.07, 6.45) is 4.93. The first-order valence-electron chi connectivity index (χ1n) is 11.2. The van der Waals surface area contributed by atoms with E-state index in [0.29, 0.717) is 16.9 Å². The summed E-state index contributed by atoms with van der Waals surface area (Å²) < 4.78 is 9.68. The van der Waals surface area contributed by atoms with Gasteiger partial charge in [-0.3, -0.25) is 19.3 Å². The molecule has 4 atom stereocenters. The van der Waals surface area contributed by atoms with E-state index < -0.39 is 24.5 Å². The number of hydrogen-bond acceptors (Lipinski definition) is 7. The monoisotopic (exact) mass is 474 g/mol. The molecule has 2 fully saturated rings. The highest BCUT2D eigenvalue weighted by Gasteiger charge is 2.59. The molecular formula is C26H22N2O7. The Balaban J connectivity index is 1.16. The zero-order valence-electron chi connectivity index (χ0n) is 18.8. The lowest BCUT2D eigenvalue weighted by atomic mass is 9.85. The van der Waals surface area contributed by atoms with Gasteiger partial charge in [-0.25, -0.2) is 9.59 Å². The number of benzene rings is 2. The van der Waals surface area contributed by atoms with Crippen LogP contribution in [0.4, 0.5) is 11.4 Å². The van der Waals surface area contributed by atoms with Crippen LogP contribution in [0, 0.1) is 23.7 Å². The van der Waals surface area contributed by atoms with Crippen LogP contribution in [0.2, 0.25) is 0 Å². The molecule has 5 rings (SSSR count). The van der Waals surface area contributed by atoms with Crippen LogP contribution < -0.4 is 10.2 Å². The van der Waals surface area contributed by atoms with Gasteiger partial charge in [-0.15, -0.1) is 0 Å². The van der Waals surface area contributed by atoms with Crippen LogP contribution in [0.1, 0.15) is 27.1 Å². The Morgan fingerprint density at radius 2 is 1.40 bits per heavy atom. The fraction of sp³-hybridized carbons (Fsp3) is 0.269. The van der Waals surface area contributed by atoms with E-state index in [9.17, 15) is 24.0 Å². The molecule has 0 radical (unpaired) electrons. The average molecular weight is 474 g/mol. The van der Waals surface area contributed by atoms with Crippen molar-refractivity contribution in [3.05, 3.63) is 71.8 Å². The van der Waals surface area contributed by atoms with Gasteiger partial charge in [-0.05, 0) is 66.8 Å². The summed E-state index contributed by atoms with van der Waals surface area (Å²) in [5, 5.41) is 2.57. The normalized spacial score (nSPS) is 23.9. The number of rotatable bonds is 6. The van der Waals surface area contributed by atoms with E-state index in [1.54, 1.807) is 0 Å². The third kappa shape index (κ3) is 3.99. The van der Waals surface area contributed by atoms with Gasteiger partial charge in [0.05, 0.1) is 35.8 Å². The van der Waals surface area contributed by atoms with Crippen LogP contribution in [-0.2, 0) is 23.9 Å². The molecule has 2 bridgehead atoms. The highest BCUT2D eigenvalue weighted by Crippen LogP contribution is 2.53. The summed E-state index contributed by atoms with van der Waals surface area (Å²) in [7, 11) is 1.27. The first-order chi connectivity index (χ1) is 16.9. The molecule has 1 heterocycles. The van der Waals surface area contributed by atoms with Gasteiger partial charge in [0, 0.05) is 5.69 Å².